The fourth-order valence-electron chi connectivity index (χ4n) is 4.92. The number of hydrogen-bond acceptors (Lipinski definition) is 9. The van der Waals surface area contributed by atoms with Crippen LogP contribution in [-0.4, -0.2) is 107 Å². The number of primary amides is 1. The van der Waals surface area contributed by atoms with Crippen molar-refractivity contribution in [1.82, 2.24) is 16.0 Å². The van der Waals surface area contributed by atoms with Gasteiger partial charge in [-0.15, -0.1) is 0 Å². The summed E-state index contributed by atoms with van der Waals surface area (Å²) in [7, 11) is 0. The van der Waals surface area contributed by atoms with Crippen LogP contribution in [0.1, 0.15) is 122 Å². The molecule has 0 radical (unpaired) electrons. The summed E-state index contributed by atoms with van der Waals surface area (Å²) in [6, 6.07) is -0.895. The van der Waals surface area contributed by atoms with E-state index in [1.807, 2.05) is 6.92 Å². The SMILES string of the molecule is CCOCCOCCNC(=O)COCCOCCNC(=O)CCC(NC(=O)CCCCCCCCCCCCCCCCC(=O)O)C(N)=O. The Hall–Kier alpha value is -2.81. The molecule has 14 heteroatoms. The van der Waals surface area contributed by atoms with Gasteiger partial charge >= 0.3 is 5.97 Å². The highest BCUT2D eigenvalue weighted by molar-refractivity contribution is 5.87. The van der Waals surface area contributed by atoms with E-state index in [0.717, 1.165) is 44.9 Å². The smallest absolute Gasteiger partial charge is 0.303 e. The summed E-state index contributed by atoms with van der Waals surface area (Å²) in [5.74, 6) is -2.12. The maximum atomic E-state index is 12.3. The van der Waals surface area contributed by atoms with Crippen molar-refractivity contribution in [3.05, 3.63) is 0 Å². The van der Waals surface area contributed by atoms with Crippen molar-refractivity contribution in [2.75, 3.05) is 65.9 Å². The molecule has 0 spiro atoms. The molecule has 286 valence electrons. The minimum atomic E-state index is -0.895. The summed E-state index contributed by atoms with van der Waals surface area (Å²) in [5.41, 5.74) is 5.44. The predicted molar refractivity (Wildman–Crippen MR) is 187 cm³/mol. The number of hydrogen-bond donors (Lipinski definition) is 5. The van der Waals surface area contributed by atoms with Crippen molar-refractivity contribution < 1.29 is 48.0 Å². The van der Waals surface area contributed by atoms with Crippen LogP contribution in [0.4, 0.5) is 0 Å². The summed E-state index contributed by atoms with van der Waals surface area (Å²) in [6.45, 7) is 5.30. The number of ether oxygens (including phenoxy) is 4. The van der Waals surface area contributed by atoms with E-state index in [4.69, 9.17) is 29.8 Å². The van der Waals surface area contributed by atoms with Crippen LogP contribution in [0.5, 0.6) is 0 Å². The Kier molecular flexibility index (Phi) is 33.0. The van der Waals surface area contributed by atoms with Gasteiger partial charge in [-0.3, -0.25) is 24.0 Å². The molecule has 0 aromatic rings. The van der Waals surface area contributed by atoms with Gasteiger partial charge in [0.15, 0.2) is 0 Å². The first kappa shape index (κ1) is 46.2. The molecule has 0 aliphatic carbocycles. The van der Waals surface area contributed by atoms with Crippen molar-refractivity contribution in [2.24, 2.45) is 5.73 Å². The first-order chi connectivity index (χ1) is 23.8. The minimum absolute atomic E-state index is 0.0399. The number of carbonyl (C=O) groups is 5. The third-order valence-electron chi connectivity index (χ3n) is 7.70. The van der Waals surface area contributed by atoms with E-state index in [1.165, 1.54) is 44.9 Å². The third kappa shape index (κ3) is 34.8. The molecular weight excluding hydrogens is 636 g/mol. The molecule has 0 saturated heterocycles. The third-order valence-corrected chi connectivity index (χ3v) is 7.70. The Morgan fingerprint density at radius 1 is 0.551 bits per heavy atom. The molecule has 1 atom stereocenters. The molecule has 4 amide bonds. The zero-order chi connectivity index (χ0) is 36.2. The molecule has 0 aliphatic heterocycles. The average Bonchev–Trinajstić information content (AvgIpc) is 3.06. The maximum absolute atomic E-state index is 12.3. The van der Waals surface area contributed by atoms with Gasteiger partial charge in [0.1, 0.15) is 12.6 Å². The standard InChI is InChI=1S/C35H66N4O10/c1-2-46-25-26-47-24-22-38-33(42)29-49-28-27-48-23-21-37-31(40)20-19-30(35(36)45)39-32(41)17-15-13-11-9-7-5-3-4-6-8-10-12-14-16-18-34(43)44/h30H,2-29H2,1H3,(H2,36,45)(H,37,40)(H,38,42)(H,39,41)(H,43,44). The summed E-state index contributed by atoms with van der Waals surface area (Å²) in [6.07, 6.45) is 16.2. The van der Waals surface area contributed by atoms with Crippen molar-refractivity contribution >= 4 is 29.6 Å². The minimum Gasteiger partial charge on any atom is -0.481 e. The molecule has 0 aliphatic rings. The molecular formula is C35H66N4O10. The van der Waals surface area contributed by atoms with Gasteiger partial charge in [-0.2, -0.15) is 0 Å². The molecule has 0 aromatic carbocycles. The van der Waals surface area contributed by atoms with Gasteiger partial charge in [-0.1, -0.05) is 77.0 Å². The number of rotatable bonds is 37. The Labute approximate surface area is 293 Å². The number of amides is 4. The van der Waals surface area contributed by atoms with Gasteiger partial charge < -0.3 is 45.7 Å². The number of unbranched alkanes of at least 4 members (excludes halogenated alkanes) is 13. The quantitative estimate of drug-likeness (QED) is 0.0597. The number of carboxylic acid groups (broad SMARTS) is 1. The molecule has 0 saturated carbocycles. The molecule has 0 rings (SSSR count). The average molecular weight is 703 g/mol. The van der Waals surface area contributed by atoms with E-state index < -0.39 is 17.9 Å². The molecule has 6 N–H and O–H groups in total. The van der Waals surface area contributed by atoms with Gasteiger partial charge in [-0.05, 0) is 26.2 Å². The fourth-order valence-corrected chi connectivity index (χ4v) is 4.92. The van der Waals surface area contributed by atoms with Gasteiger partial charge in [0.05, 0.1) is 39.6 Å². The van der Waals surface area contributed by atoms with E-state index in [1.54, 1.807) is 0 Å². The predicted octanol–water partition coefficient (Wildman–Crippen LogP) is 3.38. The summed E-state index contributed by atoms with van der Waals surface area (Å²) in [4.78, 5) is 58.5. The summed E-state index contributed by atoms with van der Waals surface area (Å²) < 4.78 is 21.1. The first-order valence-electron chi connectivity index (χ1n) is 18.4. The lowest BCUT2D eigenvalue weighted by Crippen LogP contribution is -2.45. The maximum Gasteiger partial charge on any atom is 0.303 e. The Bertz CT molecular complexity index is 862. The Morgan fingerprint density at radius 3 is 1.49 bits per heavy atom. The summed E-state index contributed by atoms with van der Waals surface area (Å²) in [5, 5.41) is 16.7. The van der Waals surface area contributed by atoms with Crippen molar-refractivity contribution in [1.29, 1.82) is 0 Å². The molecule has 0 bridgehead atoms. The summed E-state index contributed by atoms with van der Waals surface area (Å²) >= 11 is 0. The second-order valence-corrected chi connectivity index (χ2v) is 12.1. The second kappa shape index (κ2) is 35.0. The van der Waals surface area contributed by atoms with Crippen LogP contribution in [0.3, 0.4) is 0 Å². The van der Waals surface area contributed by atoms with Crippen LogP contribution in [-0.2, 0) is 42.9 Å². The zero-order valence-electron chi connectivity index (χ0n) is 30.1. The van der Waals surface area contributed by atoms with E-state index in [9.17, 15) is 24.0 Å². The lowest BCUT2D eigenvalue weighted by atomic mass is 10.0. The van der Waals surface area contributed by atoms with Gasteiger partial charge in [-0.25, -0.2) is 0 Å². The number of carbonyl (C=O) groups excluding carboxylic acids is 4. The van der Waals surface area contributed by atoms with Gasteiger partial charge in [0, 0.05) is 39.0 Å². The molecule has 0 aromatic heterocycles. The largest absolute Gasteiger partial charge is 0.481 e. The lowest BCUT2D eigenvalue weighted by molar-refractivity contribution is -0.137. The molecule has 0 heterocycles. The van der Waals surface area contributed by atoms with E-state index >= 15 is 0 Å². The topological polar surface area (TPSA) is 205 Å². The molecule has 49 heavy (non-hydrogen) atoms. The monoisotopic (exact) mass is 702 g/mol. The highest BCUT2D eigenvalue weighted by Crippen LogP contribution is 2.14. The number of nitrogens with one attached hydrogen (secondary N) is 3. The molecule has 14 nitrogen and oxygen atoms in total. The second-order valence-electron chi connectivity index (χ2n) is 12.1. The lowest BCUT2D eigenvalue weighted by Gasteiger charge is -2.15. The van der Waals surface area contributed by atoms with Crippen LogP contribution in [0.25, 0.3) is 0 Å². The zero-order valence-corrected chi connectivity index (χ0v) is 30.1. The van der Waals surface area contributed by atoms with Crippen LogP contribution in [0.15, 0.2) is 0 Å². The molecule has 1 unspecified atom stereocenters. The molecule has 0 fully saturated rings. The van der Waals surface area contributed by atoms with Crippen molar-refractivity contribution in [3.63, 3.8) is 0 Å². The fraction of sp³-hybridized carbons (Fsp3) is 0.857. The highest BCUT2D eigenvalue weighted by atomic mass is 16.5. The van der Waals surface area contributed by atoms with Crippen molar-refractivity contribution in [3.8, 4) is 0 Å². The van der Waals surface area contributed by atoms with E-state index in [0.29, 0.717) is 39.4 Å². The van der Waals surface area contributed by atoms with E-state index in [-0.39, 0.29) is 70.0 Å². The highest BCUT2D eigenvalue weighted by Gasteiger charge is 2.19. The number of aliphatic carboxylic acids is 1. The van der Waals surface area contributed by atoms with Crippen LogP contribution < -0.4 is 21.7 Å². The van der Waals surface area contributed by atoms with Gasteiger partial charge in [0.2, 0.25) is 23.6 Å². The Balaban J connectivity index is 3.66. The normalized spacial score (nSPS) is 11.6. The van der Waals surface area contributed by atoms with Crippen molar-refractivity contribution in [2.45, 2.75) is 129 Å². The van der Waals surface area contributed by atoms with E-state index in [2.05, 4.69) is 16.0 Å². The van der Waals surface area contributed by atoms with Gasteiger partial charge in [0.25, 0.3) is 0 Å². The number of carboxylic acids is 1. The number of nitrogens with two attached hydrogens (primary N) is 1. The first-order valence-corrected chi connectivity index (χ1v) is 18.4. The Morgan fingerprint density at radius 2 is 1.00 bits per heavy atom. The van der Waals surface area contributed by atoms with Crippen LogP contribution in [0, 0.1) is 0 Å². The van der Waals surface area contributed by atoms with Crippen LogP contribution >= 0.6 is 0 Å². The van der Waals surface area contributed by atoms with Crippen LogP contribution in [0.2, 0.25) is 0 Å².